The maximum Gasteiger partial charge on any atom is 0.346 e. The zero-order valence-corrected chi connectivity index (χ0v) is 27.8. The summed E-state index contributed by atoms with van der Waals surface area (Å²) in [5, 5.41) is 18.3. The van der Waals surface area contributed by atoms with Crippen LogP contribution in [0.1, 0.15) is 4.88 Å². The number of anilines is 6. The number of rotatable bonds is 10. The Hall–Kier alpha value is -6.20. The molecule has 0 aliphatic rings. The lowest BCUT2D eigenvalue weighted by Gasteiger charge is -2.28. The molecule has 0 saturated carbocycles. The first-order valence-corrected chi connectivity index (χ1v) is 17.2. The standard InChI is InChI=1S/C42H29N3O2S2/c43-29-31(42(46)47)28-38-24-25-40(48-38)41-27-26-39(49-41)30-16-18-35(19-17-30)45(34-14-8-3-9-15-34)37-22-20-36(21-23-37)44(32-10-4-1-5-11-32)33-12-6-2-7-13-33/h1-28H,(H,46,47)/b31-28+. The quantitative estimate of drug-likeness (QED) is 0.116. The van der Waals surface area contributed by atoms with Gasteiger partial charge in [-0.25, -0.2) is 4.79 Å². The molecular formula is C42H29N3O2S2. The van der Waals surface area contributed by atoms with Gasteiger partial charge in [0.05, 0.1) is 0 Å². The second-order valence-electron chi connectivity index (χ2n) is 11.1. The molecule has 0 spiro atoms. The number of hydrogen-bond acceptors (Lipinski definition) is 6. The van der Waals surface area contributed by atoms with E-state index in [-0.39, 0.29) is 5.57 Å². The van der Waals surface area contributed by atoms with Gasteiger partial charge in [-0.3, -0.25) is 0 Å². The lowest BCUT2D eigenvalue weighted by molar-refractivity contribution is -0.132. The molecule has 0 fully saturated rings. The van der Waals surface area contributed by atoms with Gasteiger partial charge in [0.2, 0.25) is 0 Å². The van der Waals surface area contributed by atoms with E-state index in [1.54, 1.807) is 17.4 Å². The molecule has 0 saturated heterocycles. The number of benzene rings is 5. The predicted molar refractivity (Wildman–Crippen MR) is 204 cm³/mol. The van der Waals surface area contributed by atoms with Crippen LogP contribution in [0.25, 0.3) is 26.3 Å². The summed E-state index contributed by atoms with van der Waals surface area (Å²) < 4.78 is 0. The third-order valence-corrected chi connectivity index (χ3v) is 10.3. The Morgan fingerprint density at radius 3 is 1.35 bits per heavy atom. The second-order valence-corrected chi connectivity index (χ2v) is 13.3. The molecule has 2 aromatic heterocycles. The third kappa shape index (κ3) is 6.92. The van der Waals surface area contributed by atoms with Crippen LogP contribution in [0.2, 0.25) is 0 Å². The van der Waals surface area contributed by atoms with Gasteiger partial charge in [0.25, 0.3) is 0 Å². The van der Waals surface area contributed by atoms with Crippen molar-refractivity contribution in [2.24, 2.45) is 0 Å². The molecule has 7 aromatic rings. The normalized spacial score (nSPS) is 11.1. The van der Waals surface area contributed by atoms with Crippen molar-refractivity contribution in [3.8, 4) is 26.3 Å². The van der Waals surface area contributed by atoms with Gasteiger partial charge in [-0.05, 0) is 109 Å². The fourth-order valence-corrected chi connectivity index (χ4v) is 7.68. The van der Waals surface area contributed by atoms with Crippen molar-refractivity contribution in [2.75, 3.05) is 9.80 Å². The average Bonchev–Trinajstić information content (AvgIpc) is 3.84. The Balaban J connectivity index is 1.17. The van der Waals surface area contributed by atoms with Crippen LogP contribution >= 0.6 is 22.7 Å². The molecule has 0 aliphatic heterocycles. The van der Waals surface area contributed by atoms with Crippen LogP contribution in [0.4, 0.5) is 34.1 Å². The molecule has 49 heavy (non-hydrogen) atoms. The second kappa shape index (κ2) is 14.3. The van der Waals surface area contributed by atoms with Gasteiger partial charge in [-0.1, -0.05) is 66.7 Å². The maximum atomic E-state index is 11.2. The molecule has 236 valence electrons. The Labute approximate surface area is 293 Å². The molecule has 0 bridgehead atoms. The summed E-state index contributed by atoms with van der Waals surface area (Å²) in [4.78, 5) is 19.7. The maximum absolute atomic E-state index is 11.2. The minimum absolute atomic E-state index is 0.276. The number of nitriles is 1. The van der Waals surface area contributed by atoms with Crippen molar-refractivity contribution in [2.45, 2.75) is 0 Å². The van der Waals surface area contributed by atoms with E-state index in [0.29, 0.717) is 0 Å². The topological polar surface area (TPSA) is 67.6 Å². The fraction of sp³-hybridized carbons (Fsp3) is 0. The van der Waals surface area contributed by atoms with Crippen molar-refractivity contribution >= 4 is 68.8 Å². The summed E-state index contributed by atoms with van der Waals surface area (Å²) in [7, 11) is 0. The zero-order valence-electron chi connectivity index (χ0n) is 26.2. The highest BCUT2D eigenvalue weighted by molar-refractivity contribution is 7.24. The van der Waals surface area contributed by atoms with Crippen LogP contribution in [0.15, 0.2) is 169 Å². The Kier molecular flexibility index (Phi) is 9.15. The van der Waals surface area contributed by atoms with E-state index < -0.39 is 5.97 Å². The number of carboxylic acid groups (broad SMARTS) is 1. The van der Waals surface area contributed by atoms with Crippen molar-refractivity contribution in [3.05, 3.63) is 174 Å². The molecular weight excluding hydrogens is 643 g/mol. The van der Waals surface area contributed by atoms with Gasteiger partial charge in [0.1, 0.15) is 11.6 Å². The van der Waals surface area contributed by atoms with E-state index in [1.165, 1.54) is 17.4 Å². The first-order valence-electron chi connectivity index (χ1n) is 15.6. The number of carbonyl (C=O) groups is 1. The van der Waals surface area contributed by atoms with E-state index in [1.807, 2.05) is 30.3 Å². The van der Waals surface area contributed by atoms with Crippen molar-refractivity contribution in [1.29, 1.82) is 5.26 Å². The number of thiophene rings is 2. The van der Waals surface area contributed by atoms with Gasteiger partial charge >= 0.3 is 5.97 Å². The molecule has 0 aliphatic carbocycles. The summed E-state index contributed by atoms with van der Waals surface area (Å²) in [5.74, 6) is -1.22. The zero-order chi connectivity index (χ0) is 33.6. The highest BCUT2D eigenvalue weighted by Crippen LogP contribution is 2.41. The molecule has 0 radical (unpaired) electrons. The van der Waals surface area contributed by atoms with Crippen molar-refractivity contribution < 1.29 is 9.90 Å². The van der Waals surface area contributed by atoms with Gasteiger partial charge < -0.3 is 14.9 Å². The van der Waals surface area contributed by atoms with E-state index in [4.69, 9.17) is 5.26 Å². The largest absolute Gasteiger partial charge is 0.477 e. The average molecular weight is 672 g/mol. The molecule has 7 rings (SSSR count). The first kappa shape index (κ1) is 31.4. The summed E-state index contributed by atoms with van der Waals surface area (Å²) in [6, 6.07) is 58.2. The Bertz CT molecular complexity index is 2210. The molecule has 7 heteroatoms. The minimum atomic E-state index is -1.22. The molecule has 1 N–H and O–H groups in total. The lowest BCUT2D eigenvalue weighted by atomic mass is 10.1. The molecule has 2 heterocycles. The summed E-state index contributed by atoms with van der Waals surface area (Å²) in [5.41, 5.74) is 7.25. The number of para-hydroxylation sites is 3. The summed E-state index contributed by atoms with van der Waals surface area (Å²) in [6.45, 7) is 0. The van der Waals surface area contributed by atoms with E-state index >= 15 is 0 Å². The lowest BCUT2D eigenvalue weighted by Crippen LogP contribution is -2.12. The monoisotopic (exact) mass is 671 g/mol. The molecule has 5 nitrogen and oxygen atoms in total. The Morgan fingerprint density at radius 1 is 0.510 bits per heavy atom. The first-order chi connectivity index (χ1) is 24.1. The SMILES string of the molecule is N#C/C(=C\c1ccc(-c2ccc(-c3ccc(N(c4ccccc4)c4ccc(N(c5ccccc5)c5ccccc5)cc4)cc3)s2)s1)C(=O)O. The molecule has 0 amide bonds. The van der Waals surface area contributed by atoms with Crippen LogP contribution in [-0.4, -0.2) is 11.1 Å². The van der Waals surface area contributed by atoms with Crippen LogP contribution in [0.5, 0.6) is 0 Å². The van der Waals surface area contributed by atoms with Gasteiger partial charge in [0, 0.05) is 53.6 Å². The van der Waals surface area contributed by atoms with E-state index in [2.05, 4.69) is 143 Å². The van der Waals surface area contributed by atoms with Gasteiger partial charge in [0.15, 0.2) is 0 Å². The number of nitrogens with zero attached hydrogens (tertiary/aromatic N) is 3. The highest BCUT2D eigenvalue weighted by Gasteiger charge is 2.16. The number of carboxylic acids is 1. The van der Waals surface area contributed by atoms with Crippen LogP contribution in [0.3, 0.4) is 0 Å². The van der Waals surface area contributed by atoms with Crippen molar-refractivity contribution in [1.82, 2.24) is 0 Å². The summed E-state index contributed by atoms with van der Waals surface area (Å²) >= 11 is 3.15. The third-order valence-electron chi connectivity index (χ3n) is 7.93. The van der Waals surface area contributed by atoms with Gasteiger partial charge in [-0.15, -0.1) is 22.7 Å². The number of aliphatic carboxylic acids is 1. The highest BCUT2D eigenvalue weighted by atomic mass is 32.1. The molecule has 0 unspecified atom stereocenters. The molecule has 0 atom stereocenters. The molecule has 5 aromatic carbocycles. The van der Waals surface area contributed by atoms with E-state index in [0.717, 1.165) is 59.2 Å². The minimum Gasteiger partial charge on any atom is -0.477 e. The predicted octanol–water partition coefficient (Wildman–Crippen LogP) is 12.1. The number of hydrogen-bond donors (Lipinski definition) is 1. The smallest absolute Gasteiger partial charge is 0.346 e. The fourth-order valence-electron chi connectivity index (χ4n) is 5.62. The Morgan fingerprint density at radius 2 is 0.898 bits per heavy atom. The van der Waals surface area contributed by atoms with Crippen molar-refractivity contribution in [3.63, 3.8) is 0 Å². The van der Waals surface area contributed by atoms with Gasteiger partial charge in [-0.2, -0.15) is 5.26 Å². The summed E-state index contributed by atoms with van der Waals surface area (Å²) in [6.07, 6.45) is 1.42. The van der Waals surface area contributed by atoms with Crippen LogP contribution in [0, 0.1) is 11.3 Å². The van der Waals surface area contributed by atoms with Crippen LogP contribution < -0.4 is 9.80 Å². The van der Waals surface area contributed by atoms with E-state index in [9.17, 15) is 9.90 Å². The van der Waals surface area contributed by atoms with Crippen LogP contribution in [-0.2, 0) is 4.79 Å².